The van der Waals surface area contributed by atoms with Crippen LogP contribution in [0.1, 0.15) is 24.8 Å². The van der Waals surface area contributed by atoms with Crippen LogP contribution in [0.3, 0.4) is 0 Å². The minimum atomic E-state index is -0.877. The van der Waals surface area contributed by atoms with E-state index < -0.39 is 5.97 Å². The van der Waals surface area contributed by atoms with Crippen molar-refractivity contribution in [1.29, 1.82) is 0 Å². The summed E-state index contributed by atoms with van der Waals surface area (Å²) in [5.41, 5.74) is 2.93. The Labute approximate surface area is 199 Å². The Bertz CT molecular complexity index is 1190. The number of aliphatic carboxylic acids is 1. The highest BCUT2D eigenvalue weighted by Crippen LogP contribution is 2.36. The third-order valence-corrected chi connectivity index (χ3v) is 5.50. The van der Waals surface area contributed by atoms with Gasteiger partial charge in [0.1, 0.15) is 24.7 Å². The molecule has 0 unspecified atom stereocenters. The second-order valence-corrected chi connectivity index (χ2v) is 7.87. The van der Waals surface area contributed by atoms with Crippen molar-refractivity contribution >= 4 is 5.97 Å². The first kappa shape index (κ1) is 23.1. The van der Waals surface area contributed by atoms with Gasteiger partial charge in [0, 0.05) is 0 Å². The van der Waals surface area contributed by atoms with E-state index in [2.05, 4.69) is 11.8 Å². The fourth-order valence-electron chi connectivity index (χ4n) is 3.75. The monoisotopic (exact) mass is 458 g/mol. The van der Waals surface area contributed by atoms with Gasteiger partial charge in [-0.25, -0.2) is 0 Å². The number of methoxy groups -OCH3 is 1. The van der Waals surface area contributed by atoms with Gasteiger partial charge in [0.2, 0.25) is 0 Å². The van der Waals surface area contributed by atoms with Gasteiger partial charge in [0.15, 0.2) is 17.6 Å². The number of ether oxygens (including phenoxy) is 4. The number of carboxylic acid groups (broad SMARTS) is 1. The molecule has 0 spiro atoms. The number of carbonyl (C=O) groups is 1. The fourth-order valence-corrected chi connectivity index (χ4v) is 3.75. The summed E-state index contributed by atoms with van der Waals surface area (Å²) in [6, 6.07) is 21.1. The van der Waals surface area contributed by atoms with E-state index >= 15 is 0 Å². The molecule has 6 heteroatoms. The van der Waals surface area contributed by atoms with Crippen molar-refractivity contribution in [2.45, 2.75) is 25.4 Å². The number of hydrogen-bond donors (Lipinski definition) is 1. The zero-order chi connectivity index (χ0) is 23.9. The van der Waals surface area contributed by atoms with E-state index in [1.807, 2.05) is 66.7 Å². The maximum absolute atomic E-state index is 11.1. The molecule has 0 bridgehead atoms. The van der Waals surface area contributed by atoms with E-state index in [-0.39, 0.29) is 18.4 Å². The lowest BCUT2D eigenvalue weighted by Crippen LogP contribution is -2.34. The van der Waals surface area contributed by atoms with E-state index in [9.17, 15) is 4.79 Å². The van der Waals surface area contributed by atoms with Gasteiger partial charge in [-0.2, -0.15) is 0 Å². The van der Waals surface area contributed by atoms with Crippen molar-refractivity contribution in [3.63, 3.8) is 0 Å². The Hall–Kier alpha value is -4.11. The van der Waals surface area contributed by atoms with Crippen LogP contribution in [-0.2, 0) is 4.79 Å². The van der Waals surface area contributed by atoms with E-state index in [1.165, 1.54) is 0 Å². The third-order valence-electron chi connectivity index (χ3n) is 5.50. The number of rotatable bonds is 8. The molecule has 1 heterocycles. The van der Waals surface area contributed by atoms with E-state index in [1.54, 1.807) is 14.0 Å². The van der Waals surface area contributed by atoms with Crippen LogP contribution in [0, 0.1) is 11.8 Å². The summed E-state index contributed by atoms with van der Waals surface area (Å²) < 4.78 is 23.1. The van der Waals surface area contributed by atoms with E-state index in [0.29, 0.717) is 30.5 Å². The van der Waals surface area contributed by atoms with Gasteiger partial charge in [-0.15, -0.1) is 5.92 Å². The quantitative estimate of drug-likeness (QED) is 0.470. The molecule has 1 N–H and O–H groups in total. The van der Waals surface area contributed by atoms with E-state index in [0.717, 1.165) is 22.4 Å². The second kappa shape index (κ2) is 10.7. The molecule has 0 amide bonds. The van der Waals surface area contributed by atoms with Crippen LogP contribution in [0.4, 0.5) is 0 Å². The lowest BCUT2D eigenvalue weighted by Gasteiger charge is -2.27. The molecular weight excluding hydrogens is 432 g/mol. The Morgan fingerprint density at radius 2 is 1.74 bits per heavy atom. The molecule has 3 aromatic carbocycles. The molecule has 0 aromatic heterocycles. The second-order valence-electron chi connectivity index (χ2n) is 7.87. The van der Waals surface area contributed by atoms with Crippen LogP contribution in [0.15, 0.2) is 66.7 Å². The standard InChI is InChI=1S/C28H26O6/c1-3-4-21(16-28(29)30)19-7-12-24(13-8-19)32-17-25-18-33-26-14-9-22(15-27(26)34-25)20-5-10-23(31-2)11-6-20/h5-15,21,25H,16-18H2,1-2H3,(H,29,30)/t21-,25-/m0/s1. The van der Waals surface area contributed by atoms with Crippen molar-refractivity contribution in [3.8, 4) is 46.0 Å². The van der Waals surface area contributed by atoms with Gasteiger partial charge < -0.3 is 24.1 Å². The van der Waals surface area contributed by atoms with Crippen molar-refractivity contribution in [3.05, 3.63) is 72.3 Å². The summed E-state index contributed by atoms with van der Waals surface area (Å²) in [5.74, 6) is 7.39. The summed E-state index contributed by atoms with van der Waals surface area (Å²) in [5, 5.41) is 9.10. The molecule has 0 saturated carbocycles. The lowest BCUT2D eigenvalue weighted by molar-refractivity contribution is -0.137. The molecule has 0 radical (unpaired) electrons. The Morgan fingerprint density at radius 1 is 1.03 bits per heavy atom. The zero-order valence-electron chi connectivity index (χ0n) is 19.1. The molecule has 0 fully saturated rings. The first-order chi connectivity index (χ1) is 16.6. The van der Waals surface area contributed by atoms with Crippen LogP contribution in [0.5, 0.6) is 23.0 Å². The molecule has 174 valence electrons. The Kier molecular flexibility index (Phi) is 7.24. The normalized spacial score (nSPS) is 14.9. The smallest absolute Gasteiger partial charge is 0.304 e. The average Bonchev–Trinajstić information content (AvgIpc) is 2.87. The maximum Gasteiger partial charge on any atom is 0.304 e. The summed E-state index contributed by atoms with van der Waals surface area (Å²) in [6.07, 6.45) is -0.296. The molecule has 6 nitrogen and oxygen atoms in total. The highest BCUT2D eigenvalue weighted by molar-refractivity contribution is 5.69. The molecule has 0 saturated heterocycles. The maximum atomic E-state index is 11.1. The third kappa shape index (κ3) is 5.62. The number of hydrogen-bond acceptors (Lipinski definition) is 5. The molecule has 34 heavy (non-hydrogen) atoms. The number of carboxylic acids is 1. The van der Waals surface area contributed by atoms with Gasteiger partial charge in [-0.05, 0) is 60.0 Å². The summed E-state index contributed by atoms with van der Waals surface area (Å²) in [7, 11) is 1.65. The molecule has 3 aromatic rings. The molecule has 0 aliphatic carbocycles. The minimum absolute atomic E-state index is 0.0355. The lowest BCUT2D eigenvalue weighted by atomic mass is 9.96. The molecule has 4 rings (SSSR count). The molecular formula is C28H26O6. The number of benzene rings is 3. The topological polar surface area (TPSA) is 74.2 Å². The van der Waals surface area contributed by atoms with Crippen molar-refractivity contribution < 1.29 is 28.8 Å². The van der Waals surface area contributed by atoms with Crippen LogP contribution in [0.25, 0.3) is 11.1 Å². The van der Waals surface area contributed by atoms with Crippen LogP contribution >= 0.6 is 0 Å². The number of fused-ring (bicyclic) bond motifs is 1. The summed E-state index contributed by atoms with van der Waals surface area (Å²) in [4.78, 5) is 11.1. The molecule has 1 aliphatic rings. The fraction of sp³-hybridized carbons (Fsp3) is 0.250. The molecule has 2 atom stereocenters. The average molecular weight is 459 g/mol. The van der Waals surface area contributed by atoms with Crippen LogP contribution < -0.4 is 18.9 Å². The first-order valence-electron chi connectivity index (χ1n) is 11.0. The van der Waals surface area contributed by atoms with Crippen LogP contribution in [0.2, 0.25) is 0 Å². The predicted molar refractivity (Wildman–Crippen MR) is 129 cm³/mol. The predicted octanol–water partition coefficient (Wildman–Crippen LogP) is 5.16. The first-order valence-corrected chi connectivity index (χ1v) is 11.0. The van der Waals surface area contributed by atoms with Crippen molar-refractivity contribution in [2.24, 2.45) is 0 Å². The highest BCUT2D eigenvalue weighted by Gasteiger charge is 2.22. The summed E-state index contributed by atoms with van der Waals surface area (Å²) in [6.45, 7) is 2.41. The van der Waals surface area contributed by atoms with Crippen molar-refractivity contribution in [1.82, 2.24) is 0 Å². The van der Waals surface area contributed by atoms with E-state index in [4.69, 9.17) is 24.1 Å². The van der Waals surface area contributed by atoms with Gasteiger partial charge >= 0.3 is 5.97 Å². The van der Waals surface area contributed by atoms with Gasteiger partial charge in [0.25, 0.3) is 0 Å². The van der Waals surface area contributed by atoms with Crippen LogP contribution in [-0.4, -0.2) is 37.5 Å². The SMILES string of the molecule is CC#C[C@@H](CC(=O)O)c1ccc(OC[C@H]2COc3ccc(-c4ccc(OC)cc4)cc3O2)cc1. The highest BCUT2D eigenvalue weighted by atomic mass is 16.6. The Morgan fingerprint density at radius 3 is 2.41 bits per heavy atom. The van der Waals surface area contributed by atoms with Gasteiger partial charge in [0.05, 0.1) is 19.4 Å². The van der Waals surface area contributed by atoms with Gasteiger partial charge in [-0.1, -0.05) is 36.3 Å². The minimum Gasteiger partial charge on any atom is -0.497 e. The van der Waals surface area contributed by atoms with Crippen molar-refractivity contribution in [2.75, 3.05) is 20.3 Å². The van der Waals surface area contributed by atoms with Gasteiger partial charge in [-0.3, -0.25) is 4.79 Å². The molecule has 1 aliphatic heterocycles. The zero-order valence-corrected chi connectivity index (χ0v) is 19.1. The summed E-state index contributed by atoms with van der Waals surface area (Å²) >= 11 is 0. The Balaban J connectivity index is 1.38. The largest absolute Gasteiger partial charge is 0.497 e.